The number of nitrogens with one attached hydrogen (secondary N) is 3. The Balaban J connectivity index is 1.38. The summed E-state index contributed by atoms with van der Waals surface area (Å²) in [4.78, 5) is 39.8. The molecule has 4 rings (SSSR count). The van der Waals surface area contributed by atoms with E-state index in [2.05, 4.69) is 16.0 Å². The van der Waals surface area contributed by atoms with Crippen LogP contribution in [-0.4, -0.2) is 43.4 Å². The van der Waals surface area contributed by atoms with E-state index in [1.807, 2.05) is 70.9 Å². The lowest BCUT2D eigenvalue weighted by atomic mass is 10.0. The van der Waals surface area contributed by atoms with E-state index in [0.717, 1.165) is 23.4 Å². The van der Waals surface area contributed by atoms with Gasteiger partial charge in [0.2, 0.25) is 11.8 Å². The summed E-state index contributed by atoms with van der Waals surface area (Å²) in [7, 11) is 0. The van der Waals surface area contributed by atoms with Gasteiger partial charge in [-0.1, -0.05) is 48.5 Å². The van der Waals surface area contributed by atoms with Gasteiger partial charge in [-0.15, -0.1) is 11.3 Å². The van der Waals surface area contributed by atoms with Gasteiger partial charge in [0, 0.05) is 31.7 Å². The highest BCUT2D eigenvalue weighted by Crippen LogP contribution is 2.16. The molecule has 0 spiro atoms. The largest absolute Gasteiger partial charge is 0.360 e. The van der Waals surface area contributed by atoms with Gasteiger partial charge in [0.15, 0.2) is 0 Å². The summed E-state index contributed by atoms with van der Waals surface area (Å²) >= 11 is 1.34. The molecule has 33 heavy (non-hydrogen) atoms. The number of benzene rings is 2. The first-order valence-corrected chi connectivity index (χ1v) is 11.7. The normalized spacial score (nSPS) is 14.3. The standard InChI is InChI=1S/C25H26N4O3S/c30-23-17-29(13-12-26-23)20-10-8-19(9-11-20)16-27-24(31)21(15-18-5-2-1-3-6-18)28-25(32)22-7-4-14-33-22/h1-11,14,21H,12-13,15-17H2,(H,26,30)(H,27,31)(H,28,32). The van der Waals surface area contributed by atoms with Crippen LogP contribution in [0.5, 0.6) is 0 Å². The zero-order chi connectivity index (χ0) is 23.0. The number of carbonyl (C=O) groups excluding carboxylic acids is 3. The first-order valence-electron chi connectivity index (χ1n) is 10.8. The molecule has 1 saturated heterocycles. The van der Waals surface area contributed by atoms with Crippen molar-refractivity contribution < 1.29 is 14.4 Å². The highest BCUT2D eigenvalue weighted by Gasteiger charge is 2.22. The van der Waals surface area contributed by atoms with Gasteiger partial charge in [0.1, 0.15) is 6.04 Å². The second kappa shape index (κ2) is 10.8. The number of hydrogen-bond donors (Lipinski definition) is 3. The molecule has 1 aromatic heterocycles. The number of nitrogens with zero attached hydrogens (tertiary/aromatic N) is 1. The Hall–Kier alpha value is -3.65. The Bertz CT molecular complexity index is 1080. The van der Waals surface area contributed by atoms with Gasteiger partial charge < -0.3 is 20.9 Å². The topological polar surface area (TPSA) is 90.5 Å². The molecule has 1 aliphatic rings. The van der Waals surface area contributed by atoms with Crippen LogP contribution in [0.15, 0.2) is 72.1 Å². The average molecular weight is 463 g/mol. The molecule has 7 nitrogen and oxygen atoms in total. The molecule has 0 bridgehead atoms. The maximum atomic E-state index is 13.0. The third-order valence-corrected chi connectivity index (χ3v) is 6.32. The summed E-state index contributed by atoms with van der Waals surface area (Å²) < 4.78 is 0. The highest BCUT2D eigenvalue weighted by molar-refractivity contribution is 7.12. The van der Waals surface area contributed by atoms with Gasteiger partial charge in [0.05, 0.1) is 11.4 Å². The molecule has 3 aromatic rings. The van der Waals surface area contributed by atoms with Crippen LogP contribution in [0, 0.1) is 0 Å². The molecule has 0 saturated carbocycles. The first kappa shape index (κ1) is 22.5. The SMILES string of the molecule is O=C1CN(c2ccc(CNC(=O)C(Cc3ccccc3)NC(=O)c3cccs3)cc2)CCN1. The van der Waals surface area contributed by atoms with Gasteiger partial charge in [-0.2, -0.15) is 0 Å². The van der Waals surface area contributed by atoms with Crippen LogP contribution < -0.4 is 20.9 Å². The zero-order valence-electron chi connectivity index (χ0n) is 18.1. The van der Waals surface area contributed by atoms with Gasteiger partial charge in [-0.3, -0.25) is 14.4 Å². The number of thiophene rings is 1. The predicted octanol–water partition coefficient (Wildman–Crippen LogP) is 2.34. The van der Waals surface area contributed by atoms with Crippen molar-refractivity contribution in [3.8, 4) is 0 Å². The van der Waals surface area contributed by atoms with Crippen molar-refractivity contribution >= 4 is 34.7 Å². The third-order valence-electron chi connectivity index (χ3n) is 5.46. The van der Waals surface area contributed by atoms with Gasteiger partial charge in [-0.25, -0.2) is 0 Å². The van der Waals surface area contributed by atoms with Crippen LogP contribution >= 0.6 is 11.3 Å². The summed E-state index contributed by atoms with van der Waals surface area (Å²) in [6.07, 6.45) is 0.403. The first-order chi connectivity index (χ1) is 16.1. The molecular formula is C25H26N4O3S. The number of hydrogen-bond acceptors (Lipinski definition) is 5. The quantitative estimate of drug-likeness (QED) is 0.479. The summed E-state index contributed by atoms with van der Waals surface area (Å²) in [6, 6.07) is 20.3. The smallest absolute Gasteiger partial charge is 0.262 e. The lowest BCUT2D eigenvalue weighted by Crippen LogP contribution is -2.48. The maximum absolute atomic E-state index is 13.0. The van der Waals surface area contributed by atoms with Crippen molar-refractivity contribution in [1.29, 1.82) is 0 Å². The van der Waals surface area contributed by atoms with Crippen LogP contribution in [0.25, 0.3) is 0 Å². The molecule has 8 heteroatoms. The minimum absolute atomic E-state index is 0.0200. The molecule has 2 aromatic carbocycles. The van der Waals surface area contributed by atoms with Crippen molar-refractivity contribution in [1.82, 2.24) is 16.0 Å². The Morgan fingerprint density at radius 1 is 1.00 bits per heavy atom. The minimum Gasteiger partial charge on any atom is -0.360 e. The average Bonchev–Trinajstić information content (AvgIpc) is 3.38. The third kappa shape index (κ3) is 6.20. The second-order valence-corrected chi connectivity index (χ2v) is 8.80. The molecule has 1 aliphatic heterocycles. The summed E-state index contributed by atoms with van der Waals surface area (Å²) in [5.41, 5.74) is 2.89. The lowest BCUT2D eigenvalue weighted by Gasteiger charge is -2.28. The number of carbonyl (C=O) groups is 3. The van der Waals surface area contributed by atoms with Crippen molar-refractivity contribution in [2.75, 3.05) is 24.5 Å². The Labute approximate surface area is 196 Å². The number of amides is 3. The number of anilines is 1. The van der Waals surface area contributed by atoms with Crippen molar-refractivity contribution in [2.45, 2.75) is 19.0 Å². The van der Waals surface area contributed by atoms with E-state index >= 15 is 0 Å². The van der Waals surface area contributed by atoms with Crippen LogP contribution in [-0.2, 0) is 22.6 Å². The molecule has 1 fully saturated rings. The fourth-order valence-electron chi connectivity index (χ4n) is 3.69. The van der Waals surface area contributed by atoms with Crippen LogP contribution in [0.2, 0.25) is 0 Å². The van der Waals surface area contributed by atoms with Crippen molar-refractivity contribution in [3.05, 3.63) is 88.1 Å². The van der Waals surface area contributed by atoms with Crippen molar-refractivity contribution in [3.63, 3.8) is 0 Å². The molecule has 0 aliphatic carbocycles. The number of piperazine rings is 1. The van der Waals surface area contributed by atoms with E-state index in [1.54, 1.807) is 6.07 Å². The molecule has 1 atom stereocenters. The van der Waals surface area contributed by atoms with E-state index < -0.39 is 6.04 Å². The molecule has 170 valence electrons. The van der Waals surface area contributed by atoms with E-state index in [1.165, 1.54) is 11.3 Å². The van der Waals surface area contributed by atoms with Crippen LogP contribution in [0.3, 0.4) is 0 Å². The molecule has 0 radical (unpaired) electrons. The molecule has 1 unspecified atom stereocenters. The summed E-state index contributed by atoms with van der Waals surface area (Å²) in [5, 5.41) is 10.5. The fraction of sp³-hybridized carbons (Fsp3) is 0.240. The van der Waals surface area contributed by atoms with Gasteiger partial charge >= 0.3 is 0 Å². The Kier molecular flexibility index (Phi) is 7.36. The van der Waals surface area contributed by atoms with E-state index in [9.17, 15) is 14.4 Å². The van der Waals surface area contributed by atoms with Gasteiger partial charge in [-0.05, 0) is 34.7 Å². The number of rotatable bonds is 8. The van der Waals surface area contributed by atoms with E-state index in [4.69, 9.17) is 0 Å². The fourth-order valence-corrected chi connectivity index (χ4v) is 4.32. The summed E-state index contributed by atoms with van der Waals surface area (Å²) in [6.45, 7) is 2.10. The van der Waals surface area contributed by atoms with Crippen LogP contribution in [0.1, 0.15) is 20.8 Å². The molecule has 3 N–H and O–H groups in total. The zero-order valence-corrected chi connectivity index (χ0v) is 18.9. The van der Waals surface area contributed by atoms with Crippen LogP contribution in [0.4, 0.5) is 5.69 Å². The molecule has 3 amide bonds. The van der Waals surface area contributed by atoms with E-state index in [-0.39, 0.29) is 17.7 Å². The van der Waals surface area contributed by atoms with Gasteiger partial charge in [0.25, 0.3) is 5.91 Å². The monoisotopic (exact) mass is 462 g/mol. The Morgan fingerprint density at radius 2 is 1.79 bits per heavy atom. The second-order valence-electron chi connectivity index (χ2n) is 7.85. The predicted molar refractivity (Wildman–Crippen MR) is 129 cm³/mol. The maximum Gasteiger partial charge on any atom is 0.262 e. The minimum atomic E-state index is -0.687. The van der Waals surface area contributed by atoms with Crippen molar-refractivity contribution in [2.24, 2.45) is 0 Å². The summed E-state index contributed by atoms with van der Waals surface area (Å²) in [5.74, 6) is -0.469. The molecule has 2 heterocycles. The van der Waals surface area contributed by atoms with E-state index in [0.29, 0.717) is 30.9 Å². The lowest BCUT2D eigenvalue weighted by molar-refractivity contribution is -0.123. The highest BCUT2D eigenvalue weighted by atomic mass is 32.1. The molecular weight excluding hydrogens is 436 g/mol. The Morgan fingerprint density at radius 3 is 2.48 bits per heavy atom.